The molecule has 0 radical (unpaired) electrons. The lowest BCUT2D eigenvalue weighted by Crippen LogP contribution is -2.15. The molecule has 0 N–H and O–H groups in total. The summed E-state index contributed by atoms with van der Waals surface area (Å²) >= 11 is 0. The van der Waals surface area contributed by atoms with Crippen LogP contribution in [0, 0.1) is 0 Å². The molecule has 13 heavy (non-hydrogen) atoms. The van der Waals surface area contributed by atoms with E-state index in [-0.39, 0.29) is 12.0 Å². The van der Waals surface area contributed by atoms with Crippen LogP contribution < -0.4 is 0 Å². The fourth-order valence-corrected chi connectivity index (χ4v) is 2.00. The fourth-order valence-electron chi connectivity index (χ4n) is 2.00. The van der Waals surface area contributed by atoms with Gasteiger partial charge in [-0.3, -0.25) is 4.98 Å². The van der Waals surface area contributed by atoms with Gasteiger partial charge in [-0.25, -0.2) is 8.78 Å². The van der Waals surface area contributed by atoms with Gasteiger partial charge in [0.15, 0.2) is 0 Å². The van der Waals surface area contributed by atoms with Crippen LogP contribution in [0.1, 0.15) is 31.4 Å². The molecule has 0 saturated carbocycles. The number of aromatic nitrogens is 1. The van der Waals surface area contributed by atoms with E-state index in [9.17, 15) is 8.78 Å². The minimum absolute atomic E-state index is 0.110. The minimum Gasteiger partial charge on any atom is -0.264 e. The SMILES string of the molecule is CC1(C)CC(F)(F)c2ccncc21. The van der Waals surface area contributed by atoms with Gasteiger partial charge in [0.25, 0.3) is 5.92 Å². The highest BCUT2D eigenvalue weighted by Gasteiger charge is 2.48. The van der Waals surface area contributed by atoms with Gasteiger partial charge in [-0.15, -0.1) is 0 Å². The lowest BCUT2D eigenvalue weighted by atomic mass is 9.87. The Balaban J connectivity index is 2.64. The monoisotopic (exact) mass is 183 g/mol. The largest absolute Gasteiger partial charge is 0.274 e. The maximum Gasteiger partial charge on any atom is 0.274 e. The molecule has 0 aliphatic heterocycles. The van der Waals surface area contributed by atoms with E-state index in [1.807, 2.05) is 13.8 Å². The summed E-state index contributed by atoms with van der Waals surface area (Å²) in [6.45, 7) is 3.66. The zero-order valence-electron chi connectivity index (χ0n) is 7.64. The summed E-state index contributed by atoms with van der Waals surface area (Å²) in [6, 6.07) is 1.42. The average molecular weight is 183 g/mol. The summed E-state index contributed by atoms with van der Waals surface area (Å²) in [5.74, 6) is -2.68. The van der Waals surface area contributed by atoms with Crippen molar-refractivity contribution in [3.05, 3.63) is 29.6 Å². The van der Waals surface area contributed by atoms with E-state index in [1.54, 1.807) is 6.20 Å². The number of hydrogen-bond acceptors (Lipinski definition) is 1. The van der Waals surface area contributed by atoms with Crippen LogP contribution in [0.25, 0.3) is 0 Å². The van der Waals surface area contributed by atoms with Gasteiger partial charge in [-0.1, -0.05) is 13.8 Å². The third-order valence-corrected chi connectivity index (χ3v) is 2.61. The molecule has 0 unspecified atom stereocenters. The topological polar surface area (TPSA) is 12.9 Å². The third kappa shape index (κ3) is 1.14. The molecule has 0 fully saturated rings. The lowest BCUT2D eigenvalue weighted by molar-refractivity contribution is -0.0142. The van der Waals surface area contributed by atoms with Crippen LogP contribution in [0.5, 0.6) is 0 Å². The molecule has 0 atom stereocenters. The molecule has 1 aromatic heterocycles. The Kier molecular flexibility index (Phi) is 1.51. The molecular weight excluding hydrogens is 172 g/mol. The quantitative estimate of drug-likeness (QED) is 0.602. The summed E-state index contributed by atoms with van der Waals surface area (Å²) in [5, 5.41) is 0. The van der Waals surface area contributed by atoms with Crippen LogP contribution in [-0.4, -0.2) is 4.98 Å². The highest BCUT2D eigenvalue weighted by molar-refractivity contribution is 5.39. The first-order chi connectivity index (χ1) is 5.93. The first kappa shape index (κ1) is 8.60. The minimum atomic E-state index is -2.68. The molecule has 70 valence electrons. The van der Waals surface area contributed by atoms with Crippen molar-refractivity contribution in [2.45, 2.75) is 31.6 Å². The van der Waals surface area contributed by atoms with Crippen molar-refractivity contribution in [3.8, 4) is 0 Å². The Bertz CT molecular complexity index is 312. The Hall–Kier alpha value is -0.990. The van der Waals surface area contributed by atoms with Crippen molar-refractivity contribution in [3.63, 3.8) is 0 Å². The predicted molar refractivity (Wildman–Crippen MR) is 45.8 cm³/mol. The predicted octanol–water partition coefficient (Wildman–Crippen LogP) is 2.85. The van der Waals surface area contributed by atoms with Gasteiger partial charge in [0.1, 0.15) is 0 Å². The lowest BCUT2D eigenvalue weighted by Gasteiger charge is -2.17. The normalized spacial score (nSPS) is 22.8. The molecule has 1 aliphatic rings. The third-order valence-electron chi connectivity index (χ3n) is 2.61. The van der Waals surface area contributed by atoms with Gasteiger partial charge in [0.05, 0.1) is 0 Å². The smallest absolute Gasteiger partial charge is 0.264 e. The van der Waals surface area contributed by atoms with Crippen LogP contribution in [0.3, 0.4) is 0 Å². The van der Waals surface area contributed by atoms with Crippen LogP contribution in [0.4, 0.5) is 8.78 Å². The van der Waals surface area contributed by atoms with Crippen LogP contribution in [0.2, 0.25) is 0 Å². The standard InChI is InChI=1S/C10H11F2N/c1-9(2)6-10(11,12)7-3-4-13-5-8(7)9/h3-5H,6H2,1-2H3. The Morgan fingerprint density at radius 3 is 2.62 bits per heavy atom. The van der Waals surface area contributed by atoms with Crippen LogP contribution in [0.15, 0.2) is 18.5 Å². The molecule has 3 heteroatoms. The summed E-state index contributed by atoms with van der Waals surface area (Å²) in [7, 11) is 0. The molecular formula is C10H11F2N. The molecule has 1 heterocycles. The molecule has 1 aliphatic carbocycles. The summed E-state index contributed by atoms with van der Waals surface area (Å²) in [4.78, 5) is 3.88. The molecule has 1 nitrogen and oxygen atoms in total. The zero-order valence-corrected chi connectivity index (χ0v) is 7.64. The van der Waals surface area contributed by atoms with Crippen molar-refractivity contribution in [1.29, 1.82) is 0 Å². The van der Waals surface area contributed by atoms with E-state index in [0.717, 1.165) is 0 Å². The zero-order chi connectivity index (χ0) is 9.69. The first-order valence-corrected chi connectivity index (χ1v) is 4.26. The summed E-state index contributed by atoms with van der Waals surface area (Å²) in [6.07, 6.45) is 2.87. The molecule has 1 aromatic rings. The first-order valence-electron chi connectivity index (χ1n) is 4.26. The fraction of sp³-hybridized carbons (Fsp3) is 0.500. The van der Waals surface area contributed by atoms with Crippen LogP contribution in [-0.2, 0) is 11.3 Å². The molecule has 0 amide bonds. The highest BCUT2D eigenvalue weighted by Crippen LogP contribution is 2.50. The van der Waals surface area contributed by atoms with Gasteiger partial charge in [-0.2, -0.15) is 0 Å². The van der Waals surface area contributed by atoms with Crippen molar-refractivity contribution >= 4 is 0 Å². The second-order valence-electron chi connectivity index (χ2n) is 4.19. The second-order valence-corrected chi connectivity index (χ2v) is 4.19. The number of alkyl halides is 2. The van der Waals surface area contributed by atoms with Gasteiger partial charge in [0.2, 0.25) is 0 Å². The maximum absolute atomic E-state index is 13.4. The molecule has 0 spiro atoms. The average Bonchev–Trinajstić information content (AvgIpc) is 2.20. The van der Waals surface area contributed by atoms with E-state index in [4.69, 9.17) is 0 Å². The number of hydrogen-bond donors (Lipinski definition) is 0. The highest BCUT2D eigenvalue weighted by atomic mass is 19.3. The van der Waals surface area contributed by atoms with Gasteiger partial charge in [0, 0.05) is 24.4 Å². The number of halogens is 2. The van der Waals surface area contributed by atoms with Gasteiger partial charge >= 0.3 is 0 Å². The van der Waals surface area contributed by atoms with Crippen molar-refractivity contribution < 1.29 is 8.78 Å². The van der Waals surface area contributed by atoms with Crippen molar-refractivity contribution in [2.24, 2.45) is 0 Å². The van der Waals surface area contributed by atoms with E-state index < -0.39 is 11.3 Å². The van der Waals surface area contributed by atoms with E-state index in [1.165, 1.54) is 12.3 Å². The van der Waals surface area contributed by atoms with E-state index in [0.29, 0.717) is 5.56 Å². The Morgan fingerprint density at radius 1 is 1.31 bits per heavy atom. The number of fused-ring (bicyclic) bond motifs is 1. The molecule has 0 saturated heterocycles. The van der Waals surface area contributed by atoms with Gasteiger partial charge < -0.3 is 0 Å². The van der Waals surface area contributed by atoms with Crippen molar-refractivity contribution in [2.75, 3.05) is 0 Å². The van der Waals surface area contributed by atoms with Crippen molar-refractivity contribution in [1.82, 2.24) is 4.98 Å². The Morgan fingerprint density at radius 2 is 2.00 bits per heavy atom. The number of rotatable bonds is 0. The van der Waals surface area contributed by atoms with E-state index in [2.05, 4.69) is 4.98 Å². The number of nitrogens with zero attached hydrogens (tertiary/aromatic N) is 1. The number of pyridine rings is 1. The molecule has 0 aromatic carbocycles. The molecule has 2 rings (SSSR count). The summed E-state index contributed by atoms with van der Waals surface area (Å²) < 4.78 is 26.8. The van der Waals surface area contributed by atoms with Crippen LogP contribution >= 0.6 is 0 Å². The maximum atomic E-state index is 13.4. The van der Waals surface area contributed by atoms with E-state index >= 15 is 0 Å². The second kappa shape index (κ2) is 2.28. The Labute approximate surface area is 75.8 Å². The molecule has 0 bridgehead atoms. The van der Waals surface area contributed by atoms with Gasteiger partial charge in [-0.05, 0) is 17.0 Å². The summed E-state index contributed by atoms with van der Waals surface area (Å²) in [5.41, 5.74) is 0.375.